The largest absolute Gasteiger partial charge is 0.466 e. The zero-order valence-electron chi connectivity index (χ0n) is 19.3. The van der Waals surface area contributed by atoms with Crippen LogP contribution >= 0.6 is 11.8 Å². The van der Waals surface area contributed by atoms with Crippen molar-refractivity contribution in [1.82, 2.24) is 9.80 Å². The molecule has 0 aromatic heterocycles. The van der Waals surface area contributed by atoms with Gasteiger partial charge in [0.05, 0.1) is 30.8 Å². The van der Waals surface area contributed by atoms with Gasteiger partial charge in [0.1, 0.15) is 0 Å². The average molecular weight is 454 g/mol. The highest BCUT2D eigenvalue weighted by atomic mass is 32.2. The molecule has 1 aromatic carbocycles. The van der Waals surface area contributed by atoms with E-state index in [1.165, 1.54) is 24.4 Å². The Balaban J connectivity index is 1.74. The van der Waals surface area contributed by atoms with E-state index in [-0.39, 0.29) is 17.9 Å². The standard InChI is InChI=1S/C25H31N3O3S/c1-5-20-22(24(30)31-4)23(18-10-8-17(9-11-18)16(2)3)28-19(15-32-25(28)26-20)14-21(29)27-12-6-7-13-27/h8-11,15-16,23H,5-7,12-14H2,1-4H3/t23-/m0/s1. The molecular weight excluding hydrogens is 422 g/mol. The molecule has 1 saturated heterocycles. The van der Waals surface area contributed by atoms with Crippen molar-refractivity contribution in [3.05, 3.63) is 57.8 Å². The minimum absolute atomic E-state index is 0.134. The molecule has 4 rings (SSSR count). The van der Waals surface area contributed by atoms with E-state index in [0.717, 1.165) is 48.1 Å². The maximum Gasteiger partial charge on any atom is 0.338 e. The Kier molecular flexibility index (Phi) is 6.74. The number of nitrogens with zero attached hydrogens (tertiary/aromatic N) is 3. The van der Waals surface area contributed by atoms with Crippen LogP contribution in [0.5, 0.6) is 0 Å². The highest BCUT2D eigenvalue weighted by Gasteiger charge is 2.41. The van der Waals surface area contributed by atoms with E-state index in [1.807, 2.05) is 17.2 Å². The first kappa shape index (κ1) is 22.6. The highest BCUT2D eigenvalue weighted by Crippen LogP contribution is 2.45. The van der Waals surface area contributed by atoms with Gasteiger partial charge in [0.15, 0.2) is 5.17 Å². The van der Waals surface area contributed by atoms with Crippen LogP contribution in [0.25, 0.3) is 0 Å². The van der Waals surface area contributed by atoms with Crippen LogP contribution in [0.1, 0.15) is 69.5 Å². The molecule has 1 atom stereocenters. The number of hydrogen-bond acceptors (Lipinski definition) is 6. The summed E-state index contributed by atoms with van der Waals surface area (Å²) in [6, 6.07) is 8.05. The summed E-state index contributed by atoms with van der Waals surface area (Å²) in [6.07, 6.45) is 3.07. The van der Waals surface area contributed by atoms with E-state index in [2.05, 4.69) is 43.0 Å². The monoisotopic (exact) mass is 453 g/mol. The molecule has 3 aliphatic rings. The molecule has 0 radical (unpaired) electrons. The number of esters is 1. The lowest BCUT2D eigenvalue weighted by atomic mass is 9.91. The van der Waals surface area contributed by atoms with E-state index in [1.54, 1.807) is 0 Å². The molecule has 1 fully saturated rings. The first-order valence-electron chi connectivity index (χ1n) is 11.4. The number of allylic oxidation sites excluding steroid dienone is 1. The topological polar surface area (TPSA) is 62.2 Å². The lowest BCUT2D eigenvalue weighted by Crippen LogP contribution is -2.38. The van der Waals surface area contributed by atoms with Gasteiger partial charge in [0.25, 0.3) is 0 Å². The predicted octanol–water partition coefficient (Wildman–Crippen LogP) is 4.96. The van der Waals surface area contributed by atoms with Crippen molar-refractivity contribution in [2.75, 3.05) is 20.2 Å². The maximum atomic E-state index is 12.9. The molecule has 1 aromatic rings. The molecule has 0 aliphatic carbocycles. The third-order valence-electron chi connectivity index (χ3n) is 6.34. The minimum Gasteiger partial charge on any atom is -0.466 e. The Bertz CT molecular complexity index is 988. The molecule has 0 unspecified atom stereocenters. The van der Waals surface area contributed by atoms with Crippen LogP contribution in [-0.2, 0) is 14.3 Å². The van der Waals surface area contributed by atoms with Gasteiger partial charge in [-0.3, -0.25) is 4.79 Å². The number of carbonyl (C=O) groups excluding carboxylic acids is 2. The number of carbonyl (C=O) groups is 2. The summed E-state index contributed by atoms with van der Waals surface area (Å²) >= 11 is 1.52. The molecule has 3 aliphatic heterocycles. The van der Waals surface area contributed by atoms with Gasteiger partial charge in [0, 0.05) is 18.8 Å². The van der Waals surface area contributed by atoms with Crippen LogP contribution < -0.4 is 0 Å². The average Bonchev–Trinajstić information content (AvgIpc) is 3.48. The van der Waals surface area contributed by atoms with E-state index < -0.39 is 0 Å². The van der Waals surface area contributed by atoms with Crippen molar-refractivity contribution in [2.24, 2.45) is 4.99 Å². The second-order valence-corrected chi connectivity index (χ2v) is 9.52. The smallest absolute Gasteiger partial charge is 0.338 e. The van der Waals surface area contributed by atoms with Crippen LogP contribution in [0, 0.1) is 0 Å². The molecule has 7 heteroatoms. The third-order valence-corrected chi connectivity index (χ3v) is 7.23. The Morgan fingerprint density at radius 3 is 2.47 bits per heavy atom. The molecule has 0 bridgehead atoms. The van der Waals surface area contributed by atoms with Crippen LogP contribution in [0.4, 0.5) is 0 Å². The predicted molar refractivity (Wildman–Crippen MR) is 128 cm³/mol. The summed E-state index contributed by atoms with van der Waals surface area (Å²) in [6.45, 7) is 7.98. The number of amides is 1. The van der Waals surface area contributed by atoms with Gasteiger partial charge >= 0.3 is 5.97 Å². The third kappa shape index (κ3) is 4.22. The summed E-state index contributed by atoms with van der Waals surface area (Å²) in [7, 11) is 1.41. The molecule has 0 spiro atoms. The van der Waals surface area contributed by atoms with Crippen LogP contribution in [-0.4, -0.2) is 47.0 Å². The molecular formula is C25H31N3O3S. The van der Waals surface area contributed by atoms with E-state index in [4.69, 9.17) is 9.73 Å². The molecule has 3 heterocycles. The molecule has 0 N–H and O–H groups in total. The Morgan fingerprint density at radius 2 is 1.88 bits per heavy atom. The van der Waals surface area contributed by atoms with Crippen molar-refractivity contribution in [1.29, 1.82) is 0 Å². The Morgan fingerprint density at radius 1 is 1.19 bits per heavy atom. The zero-order valence-corrected chi connectivity index (χ0v) is 20.1. The van der Waals surface area contributed by atoms with Crippen molar-refractivity contribution in [3.63, 3.8) is 0 Å². The summed E-state index contributed by atoms with van der Waals surface area (Å²) in [5.74, 6) is 0.185. The fourth-order valence-corrected chi connectivity index (χ4v) is 5.46. The normalized spacial score (nSPS) is 20.5. The Hall–Kier alpha value is -2.54. The van der Waals surface area contributed by atoms with Gasteiger partial charge in [-0.2, -0.15) is 0 Å². The van der Waals surface area contributed by atoms with Crippen LogP contribution in [0.2, 0.25) is 0 Å². The number of methoxy groups -OCH3 is 1. The van der Waals surface area contributed by atoms with Crippen LogP contribution in [0.15, 0.2) is 51.6 Å². The van der Waals surface area contributed by atoms with Crippen LogP contribution in [0.3, 0.4) is 0 Å². The zero-order chi connectivity index (χ0) is 22.8. The number of aliphatic imine (C=N–C) groups is 1. The van der Waals surface area contributed by atoms with Gasteiger partial charge in [-0.1, -0.05) is 56.8 Å². The fraction of sp³-hybridized carbons (Fsp3) is 0.480. The first-order chi connectivity index (χ1) is 15.4. The fourth-order valence-electron chi connectivity index (χ4n) is 4.52. The Labute approximate surface area is 194 Å². The molecule has 0 saturated carbocycles. The quantitative estimate of drug-likeness (QED) is 0.570. The van der Waals surface area contributed by atoms with E-state index in [9.17, 15) is 9.59 Å². The minimum atomic E-state index is -0.371. The number of amidine groups is 1. The lowest BCUT2D eigenvalue weighted by Gasteiger charge is -2.37. The van der Waals surface area contributed by atoms with Gasteiger partial charge in [-0.05, 0) is 41.7 Å². The van der Waals surface area contributed by atoms with E-state index >= 15 is 0 Å². The molecule has 170 valence electrons. The number of ether oxygens (including phenoxy) is 1. The number of hydrogen-bond donors (Lipinski definition) is 0. The first-order valence-corrected chi connectivity index (χ1v) is 12.2. The van der Waals surface area contributed by atoms with E-state index in [0.29, 0.717) is 24.3 Å². The van der Waals surface area contributed by atoms with Crippen molar-refractivity contribution in [3.8, 4) is 0 Å². The summed E-state index contributed by atoms with van der Waals surface area (Å²) < 4.78 is 5.19. The van der Waals surface area contributed by atoms with Gasteiger partial charge in [0.2, 0.25) is 5.91 Å². The second-order valence-electron chi connectivity index (χ2n) is 8.69. The summed E-state index contributed by atoms with van der Waals surface area (Å²) in [5.41, 5.74) is 4.43. The number of rotatable bonds is 6. The number of likely N-dealkylation sites (tertiary alicyclic amines) is 1. The number of thioether (sulfide) groups is 1. The number of benzene rings is 1. The van der Waals surface area contributed by atoms with Crippen molar-refractivity contribution < 1.29 is 14.3 Å². The summed E-state index contributed by atoms with van der Waals surface area (Å²) in [5, 5.41) is 2.83. The van der Waals surface area contributed by atoms with Gasteiger partial charge in [-0.25, -0.2) is 9.79 Å². The van der Waals surface area contributed by atoms with Gasteiger partial charge in [-0.15, -0.1) is 0 Å². The molecule has 1 amide bonds. The maximum absolute atomic E-state index is 12.9. The molecule has 6 nitrogen and oxygen atoms in total. The SMILES string of the molecule is CCC1=C(C(=O)OC)[C@H](c2ccc(C(C)C)cc2)N2C(CC(=O)N3CCCC3)=CSC2=N1. The van der Waals surface area contributed by atoms with Gasteiger partial charge < -0.3 is 14.5 Å². The van der Waals surface area contributed by atoms with Crippen molar-refractivity contribution >= 4 is 28.8 Å². The summed E-state index contributed by atoms with van der Waals surface area (Å²) in [4.78, 5) is 34.7. The van der Waals surface area contributed by atoms with Crippen molar-refractivity contribution in [2.45, 2.75) is 58.4 Å². The number of fused-ring (bicyclic) bond motifs is 1. The highest BCUT2D eigenvalue weighted by molar-refractivity contribution is 8.16. The lowest BCUT2D eigenvalue weighted by molar-refractivity contribution is -0.136. The second kappa shape index (κ2) is 9.53. The molecule has 32 heavy (non-hydrogen) atoms.